The third-order valence-electron chi connectivity index (χ3n) is 7.44. The fraction of sp³-hybridized carbons (Fsp3) is 0.913. The number of unbranched alkanes of at least 4 members (excludes halogenated alkanes) is 1. The van der Waals surface area contributed by atoms with Crippen molar-refractivity contribution in [2.45, 2.75) is 108 Å². The largest absolute Gasteiger partial charge is 0.369 e. The Morgan fingerprint density at radius 2 is 1.89 bits per heavy atom. The van der Waals surface area contributed by atoms with Crippen LogP contribution in [0, 0.1) is 11.8 Å². The van der Waals surface area contributed by atoms with Crippen LogP contribution in [0.5, 0.6) is 0 Å². The number of nitrogens with two attached hydrogens (primary N) is 1. The minimum absolute atomic E-state index is 0.141. The molecule has 2 saturated carbocycles. The SMILES string of the molecule is CCCCN[C@H]1CCC[C@@H](C[C@@]2(CCC3CCCCC3)N=C(N)N(C)C2=O)C1. The van der Waals surface area contributed by atoms with Crippen molar-refractivity contribution in [2.24, 2.45) is 22.6 Å². The highest BCUT2D eigenvalue weighted by atomic mass is 16.2. The van der Waals surface area contributed by atoms with Crippen LogP contribution in [-0.2, 0) is 4.79 Å². The van der Waals surface area contributed by atoms with Gasteiger partial charge < -0.3 is 11.1 Å². The molecule has 160 valence electrons. The zero-order valence-corrected chi connectivity index (χ0v) is 18.2. The molecular weight excluding hydrogens is 348 g/mol. The van der Waals surface area contributed by atoms with Crippen LogP contribution >= 0.6 is 0 Å². The second-order valence-electron chi connectivity index (χ2n) is 9.65. The van der Waals surface area contributed by atoms with Crippen molar-refractivity contribution in [3.05, 3.63) is 0 Å². The van der Waals surface area contributed by atoms with Crippen LogP contribution in [0.15, 0.2) is 4.99 Å². The zero-order valence-electron chi connectivity index (χ0n) is 18.2. The van der Waals surface area contributed by atoms with Gasteiger partial charge in [-0.05, 0) is 56.9 Å². The number of nitrogens with zero attached hydrogens (tertiary/aromatic N) is 2. The maximum absolute atomic E-state index is 13.2. The van der Waals surface area contributed by atoms with Gasteiger partial charge in [0.2, 0.25) is 0 Å². The predicted octanol–water partition coefficient (Wildman–Crippen LogP) is 4.21. The van der Waals surface area contributed by atoms with E-state index in [9.17, 15) is 4.79 Å². The van der Waals surface area contributed by atoms with Gasteiger partial charge >= 0.3 is 0 Å². The molecule has 3 aliphatic rings. The van der Waals surface area contributed by atoms with Gasteiger partial charge in [-0.1, -0.05) is 58.3 Å². The third kappa shape index (κ3) is 5.28. The fourth-order valence-electron chi connectivity index (χ4n) is 5.70. The zero-order chi connectivity index (χ0) is 20.0. The van der Waals surface area contributed by atoms with Gasteiger partial charge in [-0.3, -0.25) is 9.69 Å². The van der Waals surface area contributed by atoms with Crippen molar-refractivity contribution in [1.82, 2.24) is 10.2 Å². The van der Waals surface area contributed by atoms with E-state index in [0.717, 1.165) is 31.7 Å². The molecule has 0 aromatic rings. The molecule has 28 heavy (non-hydrogen) atoms. The second-order valence-corrected chi connectivity index (χ2v) is 9.65. The molecule has 0 bridgehead atoms. The number of nitrogens with one attached hydrogen (secondary N) is 1. The quantitative estimate of drug-likeness (QED) is 0.579. The molecule has 1 heterocycles. The average molecular weight is 391 g/mol. The standard InChI is InChI=1S/C23H42N4O/c1-3-4-15-25-20-12-8-11-19(16-20)17-23(21(28)27(2)22(24)26-23)14-13-18-9-6-5-7-10-18/h18-20,25H,3-17H2,1-2H3,(H2,24,26)/t19-,20+,23-/m1/s1. The number of aliphatic imine (C=N–C) groups is 1. The molecule has 3 rings (SSSR count). The van der Waals surface area contributed by atoms with E-state index in [-0.39, 0.29) is 5.91 Å². The predicted molar refractivity (Wildman–Crippen MR) is 116 cm³/mol. The highest BCUT2D eigenvalue weighted by Crippen LogP contribution is 2.40. The Bertz CT molecular complexity index is 543. The van der Waals surface area contributed by atoms with Crippen LogP contribution in [-0.4, -0.2) is 41.9 Å². The van der Waals surface area contributed by atoms with E-state index in [1.165, 1.54) is 70.6 Å². The van der Waals surface area contributed by atoms with E-state index in [1.54, 1.807) is 11.9 Å². The highest BCUT2D eigenvalue weighted by Gasteiger charge is 2.47. The lowest BCUT2D eigenvalue weighted by molar-refractivity contribution is -0.131. The van der Waals surface area contributed by atoms with Gasteiger partial charge in [-0.15, -0.1) is 0 Å². The van der Waals surface area contributed by atoms with Gasteiger partial charge in [-0.25, -0.2) is 4.99 Å². The number of hydrogen-bond donors (Lipinski definition) is 2. The molecule has 2 aliphatic carbocycles. The molecule has 3 N–H and O–H groups in total. The first-order valence-electron chi connectivity index (χ1n) is 11.9. The van der Waals surface area contributed by atoms with Crippen LogP contribution < -0.4 is 11.1 Å². The molecule has 2 fully saturated rings. The lowest BCUT2D eigenvalue weighted by Gasteiger charge is -2.35. The molecule has 0 aromatic heterocycles. The van der Waals surface area contributed by atoms with Gasteiger partial charge in [0.25, 0.3) is 5.91 Å². The average Bonchev–Trinajstić information content (AvgIpc) is 2.92. The minimum Gasteiger partial charge on any atom is -0.369 e. The summed E-state index contributed by atoms with van der Waals surface area (Å²) in [4.78, 5) is 19.6. The molecule has 0 spiro atoms. The van der Waals surface area contributed by atoms with Crippen molar-refractivity contribution in [2.75, 3.05) is 13.6 Å². The molecule has 3 atom stereocenters. The summed E-state index contributed by atoms with van der Waals surface area (Å²) in [6, 6.07) is 0.608. The Morgan fingerprint density at radius 3 is 2.57 bits per heavy atom. The van der Waals surface area contributed by atoms with Gasteiger partial charge in [0.15, 0.2) is 5.96 Å². The van der Waals surface area contributed by atoms with Crippen LogP contribution in [0.2, 0.25) is 0 Å². The lowest BCUT2D eigenvalue weighted by atomic mass is 9.74. The summed E-state index contributed by atoms with van der Waals surface area (Å²) in [5, 5.41) is 3.75. The fourth-order valence-corrected chi connectivity index (χ4v) is 5.70. The molecule has 0 saturated heterocycles. The van der Waals surface area contributed by atoms with Crippen molar-refractivity contribution in [3.8, 4) is 0 Å². The Morgan fingerprint density at radius 1 is 1.14 bits per heavy atom. The van der Waals surface area contributed by atoms with Gasteiger partial charge in [-0.2, -0.15) is 0 Å². The summed E-state index contributed by atoms with van der Waals surface area (Å²) in [6.07, 6.45) is 17.0. The number of rotatable bonds is 9. The smallest absolute Gasteiger partial charge is 0.257 e. The molecule has 5 heteroatoms. The van der Waals surface area contributed by atoms with Crippen molar-refractivity contribution in [1.29, 1.82) is 0 Å². The summed E-state index contributed by atoms with van der Waals surface area (Å²) in [6.45, 7) is 3.36. The van der Waals surface area contributed by atoms with Crippen molar-refractivity contribution >= 4 is 11.9 Å². The summed E-state index contributed by atoms with van der Waals surface area (Å²) >= 11 is 0. The molecule has 0 unspecified atom stereocenters. The number of carbonyl (C=O) groups excluding carboxylic acids is 1. The van der Waals surface area contributed by atoms with E-state index >= 15 is 0 Å². The van der Waals surface area contributed by atoms with Gasteiger partial charge in [0.05, 0.1) is 0 Å². The molecule has 1 amide bonds. The monoisotopic (exact) mass is 390 g/mol. The maximum atomic E-state index is 13.2. The van der Waals surface area contributed by atoms with Crippen LogP contribution in [0.4, 0.5) is 0 Å². The Balaban J connectivity index is 1.63. The number of amides is 1. The van der Waals surface area contributed by atoms with E-state index in [2.05, 4.69) is 12.2 Å². The van der Waals surface area contributed by atoms with Crippen molar-refractivity contribution in [3.63, 3.8) is 0 Å². The lowest BCUT2D eigenvalue weighted by Crippen LogP contribution is -2.45. The highest BCUT2D eigenvalue weighted by molar-refractivity contribution is 6.06. The molecule has 5 nitrogen and oxygen atoms in total. The first kappa shape index (κ1) is 21.6. The Hall–Kier alpha value is -1.10. The van der Waals surface area contributed by atoms with Crippen LogP contribution in [0.3, 0.4) is 0 Å². The van der Waals surface area contributed by atoms with E-state index in [4.69, 9.17) is 10.7 Å². The maximum Gasteiger partial charge on any atom is 0.257 e. The summed E-state index contributed by atoms with van der Waals surface area (Å²) in [5.74, 6) is 1.91. The number of hydrogen-bond acceptors (Lipinski definition) is 4. The first-order valence-corrected chi connectivity index (χ1v) is 11.9. The van der Waals surface area contributed by atoms with Crippen LogP contribution in [0.25, 0.3) is 0 Å². The topological polar surface area (TPSA) is 70.7 Å². The molecule has 0 aromatic carbocycles. The molecule has 0 radical (unpaired) electrons. The first-order chi connectivity index (χ1) is 13.5. The summed E-state index contributed by atoms with van der Waals surface area (Å²) in [5.41, 5.74) is 5.52. The van der Waals surface area contributed by atoms with Gasteiger partial charge in [0.1, 0.15) is 5.54 Å². The van der Waals surface area contributed by atoms with Crippen LogP contribution in [0.1, 0.15) is 96.8 Å². The van der Waals surface area contributed by atoms with Crippen molar-refractivity contribution < 1.29 is 4.79 Å². The second kappa shape index (κ2) is 10.1. The van der Waals surface area contributed by atoms with E-state index in [1.807, 2.05) is 0 Å². The molecule has 1 aliphatic heterocycles. The van der Waals surface area contributed by atoms with E-state index in [0.29, 0.717) is 17.9 Å². The molecular formula is C23H42N4O. The normalized spacial score (nSPS) is 32.0. The minimum atomic E-state index is -0.591. The number of likely N-dealkylation sites (N-methyl/N-ethyl adjacent to an activating group) is 1. The number of carbonyl (C=O) groups is 1. The van der Waals surface area contributed by atoms with Gasteiger partial charge in [0, 0.05) is 13.1 Å². The summed E-state index contributed by atoms with van der Waals surface area (Å²) in [7, 11) is 1.79. The summed E-state index contributed by atoms with van der Waals surface area (Å²) < 4.78 is 0. The third-order valence-corrected chi connectivity index (χ3v) is 7.44. The van der Waals surface area contributed by atoms with E-state index < -0.39 is 5.54 Å². The number of guanidine groups is 1. The Kier molecular flexibility index (Phi) is 7.78. The Labute approximate surface area is 171 Å².